The van der Waals surface area contributed by atoms with E-state index in [0.717, 1.165) is 19.3 Å². The van der Waals surface area contributed by atoms with Crippen molar-refractivity contribution in [2.24, 2.45) is 11.7 Å². The van der Waals surface area contributed by atoms with E-state index < -0.39 is 21.8 Å². The number of nitrogens with two attached hydrogens (primary N) is 1. The van der Waals surface area contributed by atoms with Gasteiger partial charge in [-0.2, -0.15) is 0 Å². The summed E-state index contributed by atoms with van der Waals surface area (Å²) in [5, 5.41) is 8.94. The molecule has 1 saturated heterocycles. The highest BCUT2D eigenvalue weighted by atomic mass is 32.2. The van der Waals surface area contributed by atoms with Crippen molar-refractivity contribution < 1.29 is 23.1 Å². The van der Waals surface area contributed by atoms with E-state index in [4.69, 9.17) is 10.8 Å². The maximum Gasteiger partial charge on any atom is 0.305 e. The van der Waals surface area contributed by atoms with Crippen LogP contribution in [0.5, 0.6) is 0 Å². The number of carbonyl (C=O) groups is 2. The van der Waals surface area contributed by atoms with Crippen LogP contribution >= 0.6 is 0 Å². The molecule has 1 aliphatic heterocycles. The average Bonchev–Trinajstić information content (AvgIpc) is 2.37. The van der Waals surface area contributed by atoms with Gasteiger partial charge in [0.15, 0.2) is 9.84 Å². The van der Waals surface area contributed by atoms with Crippen LogP contribution in [0, 0.1) is 5.92 Å². The molecular weight excluding hydrogens is 296 g/mol. The number of carbonyl (C=O) groups excluding carboxylic acids is 1. The Morgan fingerprint density at radius 1 is 1.24 bits per heavy atom. The molecular formula is C13H22N2O5S. The molecule has 1 amide bonds. The van der Waals surface area contributed by atoms with Crippen LogP contribution in [0.15, 0.2) is 0 Å². The third kappa shape index (κ3) is 3.94. The summed E-state index contributed by atoms with van der Waals surface area (Å²) in [4.78, 5) is 25.0. The minimum absolute atomic E-state index is 0.0718. The van der Waals surface area contributed by atoms with E-state index in [9.17, 15) is 18.0 Å². The second-order valence-electron chi connectivity index (χ2n) is 5.95. The lowest BCUT2D eigenvalue weighted by Gasteiger charge is -2.39. The van der Waals surface area contributed by atoms with Crippen molar-refractivity contribution in [3.8, 4) is 0 Å². The predicted molar refractivity (Wildman–Crippen MR) is 76.3 cm³/mol. The minimum Gasteiger partial charge on any atom is -0.481 e. The first kappa shape index (κ1) is 16.2. The van der Waals surface area contributed by atoms with Crippen molar-refractivity contribution >= 4 is 21.7 Å². The van der Waals surface area contributed by atoms with Crippen LogP contribution in [0.25, 0.3) is 0 Å². The van der Waals surface area contributed by atoms with Crippen LogP contribution in [-0.4, -0.2) is 60.4 Å². The van der Waals surface area contributed by atoms with Gasteiger partial charge in [-0.15, -0.1) is 0 Å². The first-order chi connectivity index (χ1) is 9.80. The zero-order valence-corrected chi connectivity index (χ0v) is 12.7. The molecule has 0 spiro atoms. The fourth-order valence-corrected chi connectivity index (χ4v) is 4.75. The Morgan fingerprint density at radius 3 is 2.52 bits per heavy atom. The molecule has 0 aromatic heterocycles. The molecule has 3 atom stereocenters. The Balaban J connectivity index is 2.14. The van der Waals surface area contributed by atoms with Crippen molar-refractivity contribution in [1.82, 2.24) is 4.90 Å². The summed E-state index contributed by atoms with van der Waals surface area (Å²) in [5.74, 6) is -1.95. The minimum atomic E-state index is -3.28. The molecule has 120 valence electrons. The van der Waals surface area contributed by atoms with Crippen LogP contribution in [0.3, 0.4) is 0 Å². The smallest absolute Gasteiger partial charge is 0.305 e. The number of carboxylic acid groups (broad SMARTS) is 1. The summed E-state index contributed by atoms with van der Waals surface area (Å²) >= 11 is 0. The van der Waals surface area contributed by atoms with E-state index in [1.54, 1.807) is 0 Å². The molecule has 1 saturated carbocycles. The summed E-state index contributed by atoms with van der Waals surface area (Å²) < 4.78 is 23.4. The third-order valence-corrected chi connectivity index (χ3v) is 6.06. The van der Waals surface area contributed by atoms with Crippen LogP contribution in [0.2, 0.25) is 0 Å². The van der Waals surface area contributed by atoms with E-state index in [-0.39, 0.29) is 42.3 Å². The number of rotatable bonds is 3. The fraction of sp³-hybridized carbons (Fsp3) is 0.846. The lowest BCUT2D eigenvalue weighted by atomic mass is 9.84. The number of hydrogen-bond donors (Lipinski definition) is 2. The van der Waals surface area contributed by atoms with Gasteiger partial charge in [-0.3, -0.25) is 9.59 Å². The molecule has 2 aliphatic rings. The SMILES string of the molecule is NC1CCCCC1C(=O)N1CCS(=O)(=O)CC1CC(=O)O. The summed E-state index contributed by atoms with van der Waals surface area (Å²) in [6.07, 6.45) is 3.07. The molecule has 3 unspecified atom stereocenters. The van der Waals surface area contributed by atoms with Gasteiger partial charge in [-0.25, -0.2) is 8.42 Å². The van der Waals surface area contributed by atoms with Crippen LogP contribution in [0.1, 0.15) is 32.1 Å². The molecule has 1 heterocycles. The predicted octanol–water partition coefficient (Wildman–Crippen LogP) is -0.396. The van der Waals surface area contributed by atoms with Crippen LogP contribution in [0.4, 0.5) is 0 Å². The Labute approximate surface area is 124 Å². The lowest BCUT2D eigenvalue weighted by Crippen LogP contribution is -2.56. The Morgan fingerprint density at radius 2 is 1.90 bits per heavy atom. The monoisotopic (exact) mass is 318 g/mol. The van der Waals surface area contributed by atoms with Crippen molar-refractivity contribution in [1.29, 1.82) is 0 Å². The number of nitrogens with zero attached hydrogens (tertiary/aromatic N) is 1. The maximum absolute atomic E-state index is 12.6. The van der Waals surface area contributed by atoms with Gasteiger partial charge >= 0.3 is 5.97 Å². The topological polar surface area (TPSA) is 118 Å². The van der Waals surface area contributed by atoms with E-state index in [0.29, 0.717) is 6.42 Å². The van der Waals surface area contributed by atoms with Crippen molar-refractivity contribution in [3.05, 3.63) is 0 Å². The summed E-state index contributed by atoms with van der Waals surface area (Å²) in [5.41, 5.74) is 6.00. The van der Waals surface area contributed by atoms with Crippen molar-refractivity contribution in [3.63, 3.8) is 0 Å². The van der Waals surface area contributed by atoms with E-state index in [2.05, 4.69) is 0 Å². The zero-order chi connectivity index (χ0) is 15.6. The largest absolute Gasteiger partial charge is 0.481 e. The second kappa shape index (κ2) is 6.31. The number of sulfone groups is 1. The Hall–Kier alpha value is -1.15. The molecule has 2 fully saturated rings. The van der Waals surface area contributed by atoms with E-state index in [1.165, 1.54) is 4.90 Å². The molecule has 0 aromatic rings. The molecule has 0 aromatic carbocycles. The number of amides is 1. The molecule has 0 bridgehead atoms. The molecule has 21 heavy (non-hydrogen) atoms. The Bertz CT molecular complexity index is 519. The van der Waals surface area contributed by atoms with E-state index >= 15 is 0 Å². The average molecular weight is 318 g/mol. The lowest BCUT2D eigenvalue weighted by molar-refractivity contribution is -0.143. The number of carboxylic acids is 1. The van der Waals surface area contributed by atoms with Gasteiger partial charge in [-0.05, 0) is 12.8 Å². The summed E-state index contributed by atoms with van der Waals surface area (Å²) in [6, 6.07) is -0.988. The van der Waals surface area contributed by atoms with Gasteiger partial charge in [0.1, 0.15) is 0 Å². The first-order valence-electron chi connectivity index (χ1n) is 7.28. The van der Waals surface area contributed by atoms with Gasteiger partial charge in [0.05, 0.1) is 29.9 Å². The number of aliphatic carboxylic acids is 1. The highest BCUT2D eigenvalue weighted by Gasteiger charge is 2.39. The molecule has 1 aliphatic carbocycles. The maximum atomic E-state index is 12.6. The molecule has 2 rings (SSSR count). The Kier molecular flexibility index (Phi) is 4.88. The fourth-order valence-electron chi connectivity index (χ4n) is 3.23. The van der Waals surface area contributed by atoms with Gasteiger partial charge < -0.3 is 15.7 Å². The number of hydrogen-bond acceptors (Lipinski definition) is 5. The standard InChI is InChI=1S/C13H22N2O5S/c14-11-4-2-1-3-10(11)13(18)15-5-6-21(19,20)8-9(15)7-12(16)17/h9-11H,1-8,14H2,(H,16,17). The summed E-state index contributed by atoms with van der Waals surface area (Å²) in [6.45, 7) is 0.0718. The van der Waals surface area contributed by atoms with Crippen molar-refractivity contribution in [2.45, 2.75) is 44.2 Å². The van der Waals surface area contributed by atoms with Gasteiger partial charge in [0.25, 0.3) is 0 Å². The zero-order valence-electron chi connectivity index (χ0n) is 11.9. The van der Waals surface area contributed by atoms with Crippen LogP contribution < -0.4 is 5.73 Å². The third-order valence-electron chi connectivity index (χ3n) is 4.36. The molecule has 7 nitrogen and oxygen atoms in total. The molecule has 8 heteroatoms. The highest BCUT2D eigenvalue weighted by molar-refractivity contribution is 7.91. The van der Waals surface area contributed by atoms with Gasteiger partial charge in [0, 0.05) is 12.6 Å². The van der Waals surface area contributed by atoms with Crippen molar-refractivity contribution in [2.75, 3.05) is 18.1 Å². The van der Waals surface area contributed by atoms with Gasteiger partial charge in [0.2, 0.25) is 5.91 Å². The first-order valence-corrected chi connectivity index (χ1v) is 9.10. The molecule has 3 N–H and O–H groups in total. The second-order valence-corrected chi connectivity index (χ2v) is 8.18. The molecule has 0 radical (unpaired) electrons. The summed E-state index contributed by atoms with van der Waals surface area (Å²) in [7, 11) is -3.28. The highest BCUT2D eigenvalue weighted by Crippen LogP contribution is 2.27. The van der Waals surface area contributed by atoms with Gasteiger partial charge in [-0.1, -0.05) is 12.8 Å². The van der Waals surface area contributed by atoms with E-state index in [1.807, 2.05) is 0 Å². The van der Waals surface area contributed by atoms with Crippen LogP contribution in [-0.2, 0) is 19.4 Å². The quantitative estimate of drug-likeness (QED) is 0.731. The normalized spacial score (nSPS) is 32.6.